The van der Waals surface area contributed by atoms with E-state index in [1.165, 1.54) is 0 Å². The molecule has 2 N–H and O–H groups in total. The van der Waals surface area contributed by atoms with Crippen LogP contribution < -0.4 is 5.32 Å². The van der Waals surface area contributed by atoms with Gasteiger partial charge in [0.25, 0.3) is 0 Å². The van der Waals surface area contributed by atoms with Gasteiger partial charge in [-0.3, -0.25) is 4.79 Å². The summed E-state index contributed by atoms with van der Waals surface area (Å²) in [4.78, 5) is 11.3. The predicted molar refractivity (Wildman–Crippen MR) is 57.9 cm³/mol. The van der Waals surface area contributed by atoms with E-state index in [0.717, 1.165) is 24.2 Å². The number of carboxylic acids is 1. The van der Waals surface area contributed by atoms with Gasteiger partial charge in [-0.1, -0.05) is 24.3 Å². The topological polar surface area (TPSA) is 49.3 Å². The maximum absolute atomic E-state index is 11.3. The Kier molecular flexibility index (Phi) is 2.73. The van der Waals surface area contributed by atoms with Gasteiger partial charge in [-0.15, -0.1) is 0 Å². The summed E-state index contributed by atoms with van der Waals surface area (Å²) >= 11 is 0. The van der Waals surface area contributed by atoms with Crippen molar-refractivity contribution in [1.29, 1.82) is 0 Å². The van der Waals surface area contributed by atoms with Gasteiger partial charge in [-0.25, -0.2) is 0 Å². The zero-order chi connectivity index (χ0) is 10.8. The largest absolute Gasteiger partial charge is 0.481 e. The molecule has 0 bridgehead atoms. The summed E-state index contributed by atoms with van der Waals surface area (Å²) in [5.41, 5.74) is 2.02. The maximum atomic E-state index is 11.3. The van der Waals surface area contributed by atoms with Crippen LogP contribution in [0.1, 0.15) is 17.0 Å². The number of carbonyl (C=O) groups is 1. The van der Waals surface area contributed by atoms with Crippen molar-refractivity contribution in [3.8, 4) is 0 Å². The number of aryl methyl sites for hydroxylation is 1. The van der Waals surface area contributed by atoms with Gasteiger partial charge < -0.3 is 10.4 Å². The summed E-state index contributed by atoms with van der Waals surface area (Å²) in [5, 5.41) is 12.4. The average molecular weight is 205 g/mol. The zero-order valence-corrected chi connectivity index (χ0v) is 8.73. The van der Waals surface area contributed by atoms with Gasteiger partial charge in [0.15, 0.2) is 0 Å². The SMILES string of the molecule is Cc1ccccc1C(C(=O)O)C1CNC1. The Morgan fingerprint density at radius 2 is 2.13 bits per heavy atom. The number of hydrogen-bond donors (Lipinski definition) is 2. The van der Waals surface area contributed by atoms with Crippen molar-refractivity contribution >= 4 is 5.97 Å². The van der Waals surface area contributed by atoms with Gasteiger partial charge in [-0.2, -0.15) is 0 Å². The van der Waals surface area contributed by atoms with Gasteiger partial charge in [0, 0.05) is 19.0 Å². The van der Waals surface area contributed by atoms with Crippen molar-refractivity contribution in [2.45, 2.75) is 12.8 Å². The molecule has 0 spiro atoms. The first-order valence-corrected chi connectivity index (χ1v) is 5.19. The highest BCUT2D eigenvalue weighted by atomic mass is 16.4. The first kappa shape index (κ1) is 10.2. The highest BCUT2D eigenvalue weighted by molar-refractivity contribution is 5.77. The van der Waals surface area contributed by atoms with E-state index in [1.807, 2.05) is 31.2 Å². The van der Waals surface area contributed by atoms with Gasteiger partial charge in [0.1, 0.15) is 0 Å². The van der Waals surface area contributed by atoms with Crippen LogP contribution in [-0.2, 0) is 4.79 Å². The highest BCUT2D eigenvalue weighted by Gasteiger charge is 2.34. The molecule has 3 nitrogen and oxygen atoms in total. The normalized spacial score (nSPS) is 18.2. The number of nitrogens with one attached hydrogen (secondary N) is 1. The second kappa shape index (κ2) is 4.03. The second-order valence-corrected chi connectivity index (χ2v) is 4.09. The first-order chi connectivity index (χ1) is 7.20. The Morgan fingerprint density at radius 1 is 1.47 bits per heavy atom. The van der Waals surface area contributed by atoms with Crippen LogP contribution in [0.15, 0.2) is 24.3 Å². The molecule has 0 radical (unpaired) electrons. The van der Waals surface area contributed by atoms with Gasteiger partial charge in [0.2, 0.25) is 0 Å². The molecule has 0 aromatic heterocycles. The fourth-order valence-electron chi connectivity index (χ4n) is 2.07. The van der Waals surface area contributed by atoms with Crippen molar-refractivity contribution in [3.63, 3.8) is 0 Å². The molecule has 1 aromatic carbocycles. The summed E-state index contributed by atoms with van der Waals surface area (Å²) in [6, 6.07) is 7.74. The van der Waals surface area contributed by atoms with Gasteiger partial charge >= 0.3 is 5.97 Å². The van der Waals surface area contributed by atoms with Gasteiger partial charge in [-0.05, 0) is 18.1 Å². The molecular weight excluding hydrogens is 190 g/mol. The van der Waals surface area contributed by atoms with E-state index >= 15 is 0 Å². The Balaban J connectivity index is 2.32. The average Bonchev–Trinajstić information content (AvgIpc) is 2.12. The van der Waals surface area contributed by atoms with Crippen LogP contribution in [0.5, 0.6) is 0 Å². The number of carboxylic acid groups (broad SMARTS) is 1. The summed E-state index contributed by atoms with van der Waals surface area (Å²) < 4.78 is 0. The molecule has 0 saturated carbocycles. The molecule has 1 fully saturated rings. The third-order valence-electron chi connectivity index (χ3n) is 3.07. The number of rotatable bonds is 3. The minimum Gasteiger partial charge on any atom is -0.481 e. The summed E-state index contributed by atoms with van der Waals surface area (Å²) in [5.74, 6) is -0.827. The predicted octanol–water partition coefficient (Wildman–Crippen LogP) is 1.38. The van der Waals surface area contributed by atoms with Crippen molar-refractivity contribution in [1.82, 2.24) is 5.32 Å². The fraction of sp³-hybridized carbons (Fsp3) is 0.417. The molecule has 0 aliphatic carbocycles. The first-order valence-electron chi connectivity index (χ1n) is 5.19. The van der Waals surface area contributed by atoms with Crippen LogP contribution in [-0.4, -0.2) is 24.2 Å². The summed E-state index contributed by atoms with van der Waals surface area (Å²) in [6.07, 6.45) is 0. The minimum absolute atomic E-state index is 0.239. The molecule has 1 unspecified atom stereocenters. The van der Waals surface area contributed by atoms with E-state index in [0.29, 0.717) is 0 Å². The van der Waals surface area contributed by atoms with Gasteiger partial charge in [0.05, 0.1) is 5.92 Å². The van der Waals surface area contributed by atoms with E-state index < -0.39 is 5.97 Å². The second-order valence-electron chi connectivity index (χ2n) is 4.09. The Hall–Kier alpha value is -1.35. The minimum atomic E-state index is -0.712. The van der Waals surface area contributed by atoms with E-state index in [-0.39, 0.29) is 11.8 Å². The molecule has 1 saturated heterocycles. The molecule has 0 amide bonds. The third-order valence-corrected chi connectivity index (χ3v) is 3.07. The van der Waals surface area contributed by atoms with Crippen molar-refractivity contribution in [2.24, 2.45) is 5.92 Å². The van der Waals surface area contributed by atoms with E-state index in [4.69, 9.17) is 0 Å². The Morgan fingerprint density at radius 3 is 2.60 bits per heavy atom. The van der Waals surface area contributed by atoms with Crippen molar-refractivity contribution in [2.75, 3.05) is 13.1 Å². The quantitative estimate of drug-likeness (QED) is 0.783. The molecule has 1 atom stereocenters. The standard InChI is InChI=1S/C12H15NO2/c1-8-4-2-3-5-10(8)11(12(14)15)9-6-13-7-9/h2-5,9,11,13H,6-7H2,1H3,(H,14,15). The summed E-state index contributed by atoms with van der Waals surface area (Å²) in [6.45, 7) is 3.59. The van der Waals surface area contributed by atoms with Crippen LogP contribution in [0.4, 0.5) is 0 Å². The molecule has 1 aliphatic rings. The lowest BCUT2D eigenvalue weighted by Crippen LogP contribution is -2.47. The number of hydrogen-bond acceptors (Lipinski definition) is 2. The summed E-state index contributed by atoms with van der Waals surface area (Å²) in [7, 11) is 0. The van der Waals surface area contributed by atoms with Crippen molar-refractivity contribution in [3.05, 3.63) is 35.4 Å². The fourth-order valence-corrected chi connectivity index (χ4v) is 2.07. The van der Waals surface area contributed by atoms with E-state index in [2.05, 4.69) is 5.32 Å². The lowest BCUT2D eigenvalue weighted by atomic mass is 9.81. The zero-order valence-electron chi connectivity index (χ0n) is 8.73. The lowest BCUT2D eigenvalue weighted by Gasteiger charge is -2.33. The Labute approximate surface area is 89.1 Å². The molecule has 2 rings (SSSR count). The monoisotopic (exact) mass is 205 g/mol. The van der Waals surface area contributed by atoms with Crippen LogP contribution in [0.3, 0.4) is 0 Å². The molecular formula is C12H15NO2. The lowest BCUT2D eigenvalue weighted by molar-refractivity contribution is -0.140. The van der Waals surface area contributed by atoms with Crippen LogP contribution >= 0.6 is 0 Å². The maximum Gasteiger partial charge on any atom is 0.311 e. The molecule has 80 valence electrons. The number of benzene rings is 1. The van der Waals surface area contributed by atoms with E-state index in [1.54, 1.807) is 0 Å². The van der Waals surface area contributed by atoms with E-state index in [9.17, 15) is 9.90 Å². The molecule has 1 heterocycles. The smallest absolute Gasteiger partial charge is 0.311 e. The van der Waals surface area contributed by atoms with Crippen LogP contribution in [0.25, 0.3) is 0 Å². The van der Waals surface area contributed by atoms with Crippen molar-refractivity contribution < 1.29 is 9.90 Å². The molecule has 15 heavy (non-hydrogen) atoms. The molecule has 3 heteroatoms. The third kappa shape index (κ3) is 1.88. The highest BCUT2D eigenvalue weighted by Crippen LogP contribution is 2.29. The Bertz CT molecular complexity index is 372. The van der Waals surface area contributed by atoms with Crippen LogP contribution in [0.2, 0.25) is 0 Å². The van der Waals surface area contributed by atoms with Crippen LogP contribution in [0, 0.1) is 12.8 Å². The number of aliphatic carboxylic acids is 1. The molecule has 1 aliphatic heterocycles. The molecule has 1 aromatic rings.